The van der Waals surface area contributed by atoms with Crippen molar-refractivity contribution in [1.29, 1.82) is 0 Å². The molecule has 2 amide bonds. The second-order valence-electron chi connectivity index (χ2n) is 5.04. The first kappa shape index (κ1) is 16.0. The molecule has 2 aromatic carbocycles. The van der Waals surface area contributed by atoms with Crippen molar-refractivity contribution < 1.29 is 9.59 Å². The van der Waals surface area contributed by atoms with Gasteiger partial charge in [0.2, 0.25) is 5.91 Å². The van der Waals surface area contributed by atoms with Gasteiger partial charge in [-0.3, -0.25) is 9.59 Å². The molecular weight excluding hydrogens is 300 g/mol. The van der Waals surface area contributed by atoms with Crippen molar-refractivity contribution in [2.75, 3.05) is 12.4 Å². The van der Waals surface area contributed by atoms with Gasteiger partial charge < -0.3 is 10.2 Å². The minimum absolute atomic E-state index is 0.00407. The molecule has 0 aliphatic heterocycles. The lowest BCUT2D eigenvalue weighted by Crippen LogP contribution is -2.23. The van der Waals surface area contributed by atoms with E-state index in [4.69, 9.17) is 11.6 Å². The summed E-state index contributed by atoms with van der Waals surface area (Å²) in [6.07, 6.45) is 0. The summed E-state index contributed by atoms with van der Waals surface area (Å²) >= 11 is 5.81. The molecule has 22 heavy (non-hydrogen) atoms. The molecule has 2 rings (SSSR count). The first-order valence-electron chi connectivity index (χ1n) is 6.83. The fourth-order valence-electron chi connectivity index (χ4n) is 1.94. The van der Waals surface area contributed by atoms with Gasteiger partial charge in [-0.15, -0.1) is 0 Å². The number of nitrogens with zero attached hydrogens (tertiary/aromatic N) is 1. The number of anilines is 1. The third-order valence-electron chi connectivity index (χ3n) is 3.25. The van der Waals surface area contributed by atoms with Crippen LogP contribution in [0.25, 0.3) is 0 Å². The molecule has 4 nitrogen and oxygen atoms in total. The maximum absolute atomic E-state index is 12.1. The van der Waals surface area contributed by atoms with E-state index < -0.39 is 0 Å². The maximum atomic E-state index is 12.1. The fraction of sp³-hybridized carbons (Fsp3) is 0.176. The Balaban J connectivity index is 2.08. The van der Waals surface area contributed by atoms with E-state index in [1.165, 1.54) is 6.92 Å². The topological polar surface area (TPSA) is 49.4 Å². The molecule has 0 radical (unpaired) electrons. The van der Waals surface area contributed by atoms with Crippen LogP contribution in [0.15, 0.2) is 48.5 Å². The van der Waals surface area contributed by atoms with Crippen LogP contribution in [-0.4, -0.2) is 23.8 Å². The number of hydrogen-bond donors (Lipinski definition) is 1. The largest absolute Gasteiger partial charge is 0.342 e. The second-order valence-corrected chi connectivity index (χ2v) is 5.47. The first-order chi connectivity index (χ1) is 10.5. The fourth-order valence-corrected chi connectivity index (χ4v) is 2.06. The third-order valence-corrected chi connectivity index (χ3v) is 3.50. The molecule has 2 aromatic rings. The summed E-state index contributed by atoms with van der Waals surface area (Å²) in [7, 11) is 1.74. The smallest absolute Gasteiger partial charge is 0.255 e. The molecule has 0 aromatic heterocycles. The molecule has 0 atom stereocenters. The van der Waals surface area contributed by atoms with E-state index in [2.05, 4.69) is 5.32 Å². The van der Waals surface area contributed by atoms with Gasteiger partial charge in [-0.1, -0.05) is 23.7 Å². The van der Waals surface area contributed by atoms with Crippen molar-refractivity contribution >= 4 is 29.1 Å². The van der Waals surface area contributed by atoms with Crippen LogP contribution in [0.4, 0.5) is 5.69 Å². The highest BCUT2D eigenvalue weighted by molar-refractivity contribution is 6.30. The molecule has 0 aliphatic rings. The molecule has 0 aliphatic carbocycles. The van der Waals surface area contributed by atoms with Crippen LogP contribution in [0.1, 0.15) is 22.8 Å². The number of carbonyl (C=O) groups excluding carboxylic acids is 2. The predicted molar refractivity (Wildman–Crippen MR) is 88.0 cm³/mol. The first-order valence-corrected chi connectivity index (χ1v) is 7.21. The van der Waals surface area contributed by atoms with E-state index in [-0.39, 0.29) is 11.8 Å². The Morgan fingerprint density at radius 2 is 1.82 bits per heavy atom. The molecule has 0 heterocycles. The second kappa shape index (κ2) is 7.09. The summed E-state index contributed by atoms with van der Waals surface area (Å²) in [6, 6.07) is 14.1. The van der Waals surface area contributed by atoms with Crippen LogP contribution >= 0.6 is 11.6 Å². The number of halogens is 1. The lowest BCUT2D eigenvalue weighted by atomic mass is 10.1. The number of rotatable bonds is 4. The van der Waals surface area contributed by atoms with Crippen molar-refractivity contribution in [1.82, 2.24) is 4.90 Å². The Kier molecular flexibility index (Phi) is 5.17. The summed E-state index contributed by atoms with van der Waals surface area (Å²) in [5, 5.41) is 3.42. The number of amides is 2. The predicted octanol–water partition coefficient (Wildman–Crippen LogP) is 3.57. The van der Waals surface area contributed by atoms with Crippen LogP contribution in [-0.2, 0) is 11.3 Å². The normalized spacial score (nSPS) is 10.1. The molecule has 5 heteroatoms. The summed E-state index contributed by atoms with van der Waals surface area (Å²) in [5.74, 6) is -0.204. The SMILES string of the molecule is CC(=O)N(C)Cc1cccc(NC(=O)c2ccc(Cl)cc2)c1. The molecule has 1 N–H and O–H groups in total. The summed E-state index contributed by atoms with van der Waals surface area (Å²) in [5.41, 5.74) is 2.18. The zero-order valence-corrected chi connectivity index (χ0v) is 13.2. The molecule has 0 unspecified atom stereocenters. The van der Waals surface area contributed by atoms with Gasteiger partial charge in [-0.2, -0.15) is 0 Å². The number of benzene rings is 2. The van der Waals surface area contributed by atoms with Crippen LogP contribution in [0.3, 0.4) is 0 Å². The van der Waals surface area contributed by atoms with Gasteiger partial charge in [0.25, 0.3) is 5.91 Å². The van der Waals surface area contributed by atoms with Gasteiger partial charge >= 0.3 is 0 Å². The van der Waals surface area contributed by atoms with Crippen LogP contribution in [0.5, 0.6) is 0 Å². The minimum atomic E-state index is -0.200. The molecule has 0 bridgehead atoms. The van der Waals surface area contributed by atoms with Crippen LogP contribution < -0.4 is 5.32 Å². The van der Waals surface area contributed by atoms with E-state index in [0.29, 0.717) is 22.8 Å². The van der Waals surface area contributed by atoms with E-state index >= 15 is 0 Å². The molecule has 0 spiro atoms. The number of nitrogens with one attached hydrogen (secondary N) is 1. The standard InChI is InChI=1S/C17H17ClN2O2/c1-12(21)20(2)11-13-4-3-5-16(10-13)19-17(22)14-6-8-15(18)9-7-14/h3-10H,11H2,1-2H3,(H,19,22). The molecule has 0 saturated carbocycles. The van der Waals surface area contributed by atoms with Gasteiger partial charge in [0.1, 0.15) is 0 Å². The van der Waals surface area contributed by atoms with E-state index in [1.807, 2.05) is 24.3 Å². The van der Waals surface area contributed by atoms with Gasteiger partial charge in [0.05, 0.1) is 0 Å². The van der Waals surface area contributed by atoms with Gasteiger partial charge in [0.15, 0.2) is 0 Å². The van der Waals surface area contributed by atoms with Crippen molar-refractivity contribution in [3.8, 4) is 0 Å². The number of carbonyl (C=O) groups is 2. The van der Waals surface area contributed by atoms with Crippen LogP contribution in [0, 0.1) is 0 Å². The minimum Gasteiger partial charge on any atom is -0.342 e. The average molecular weight is 317 g/mol. The summed E-state index contributed by atoms with van der Waals surface area (Å²) < 4.78 is 0. The van der Waals surface area contributed by atoms with Crippen LogP contribution in [0.2, 0.25) is 5.02 Å². The van der Waals surface area contributed by atoms with Crippen molar-refractivity contribution in [3.63, 3.8) is 0 Å². The third kappa shape index (κ3) is 4.33. The highest BCUT2D eigenvalue weighted by Crippen LogP contribution is 2.15. The zero-order chi connectivity index (χ0) is 16.1. The Bertz CT molecular complexity index is 683. The molecular formula is C17H17ClN2O2. The Morgan fingerprint density at radius 1 is 1.14 bits per heavy atom. The summed E-state index contributed by atoms with van der Waals surface area (Å²) in [4.78, 5) is 25.0. The van der Waals surface area contributed by atoms with E-state index in [1.54, 1.807) is 36.2 Å². The van der Waals surface area contributed by atoms with Gasteiger partial charge in [-0.05, 0) is 42.0 Å². The Labute approximate surface area is 134 Å². The quantitative estimate of drug-likeness (QED) is 0.937. The lowest BCUT2D eigenvalue weighted by molar-refractivity contribution is -0.128. The monoisotopic (exact) mass is 316 g/mol. The van der Waals surface area contributed by atoms with E-state index in [9.17, 15) is 9.59 Å². The highest BCUT2D eigenvalue weighted by Gasteiger charge is 2.08. The molecule has 114 valence electrons. The Hall–Kier alpha value is -2.33. The maximum Gasteiger partial charge on any atom is 0.255 e. The van der Waals surface area contributed by atoms with Gasteiger partial charge in [0, 0.05) is 36.8 Å². The van der Waals surface area contributed by atoms with Crippen molar-refractivity contribution in [2.45, 2.75) is 13.5 Å². The highest BCUT2D eigenvalue weighted by atomic mass is 35.5. The lowest BCUT2D eigenvalue weighted by Gasteiger charge is -2.15. The van der Waals surface area contributed by atoms with Crippen molar-refractivity contribution in [2.24, 2.45) is 0 Å². The summed E-state index contributed by atoms with van der Waals surface area (Å²) in [6.45, 7) is 2.02. The number of hydrogen-bond acceptors (Lipinski definition) is 2. The Morgan fingerprint density at radius 3 is 2.45 bits per heavy atom. The van der Waals surface area contributed by atoms with E-state index in [0.717, 1.165) is 5.56 Å². The average Bonchev–Trinajstić information content (AvgIpc) is 2.48. The zero-order valence-electron chi connectivity index (χ0n) is 12.5. The molecule has 0 fully saturated rings. The van der Waals surface area contributed by atoms with Gasteiger partial charge in [-0.25, -0.2) is 0 Å². The molecule has 0 saturated heterocycles. The van der Waals surface area contributed by atoms with Crippen molar-refractivity contribution in [3.05, 3.63) is 64.7 Å².